The van der Waals surface area contributed by atoms with E-state index >= 15 is 0 Å². The Bertz CT molecular complexity index is 1030. The molecule has 0 aromatic carbocycles. The Kier molecular flexibility index (Phi) is 7.77. The number of aromatic nitrogens is 2. The number of fused-ring (bicyclic) bond motifs is 3. The number of halogens is 3. The molecule has 4 rings (SSSR count). The molecule has 3 heterocycles. The quantitative estimate of drug-likeness (QED) is 0.381. The zero-order chi connectivity index (χ0) is 25.2. The SMILES string of the molecule is C[Si](C)(C)CCOCn1ccc2c3c(cnc21)C(=O)NCN3[C@H]1CC[C@H](CNCC(F)(F)F)CC1. The first kappa shape index (κ1) is 26.0. The van der Waals surface area contributed by atoms with Crippen molar-refractivity contribution in [2.24, 2.45) is 5.92 Å². The summed E-state index contributed by atoms with van der Waals surface area (Å²) in [6.45, 7) is 7.96. The number of ether oxygens (including phenoxy) is 1. The summed E-state index contributed by atoms with van der Waals surface area (Å²) >= 11 is 0. The summed E-state index contributed by atoms with van der Waals surface area (Å²) in [4.78, 5) is 19.4. The third kappa shape index (κ3) is 6.56. The smallest absolute Gasteiger partial charge is 0.361 e. The van der Waals surface area contributed by atoms with Crippen molar-refractivity contribution in [1.29, 1.82) is 0 Å². The second-order valence-corrected chi connectivity index (χ2v) is 16.6. The van der Waals surface area contributed by atoms with Gasteiger partial charge in [-0.25, -0.2) is 4.98 Å². The van der Waals surface area contributed by atoms with Crippen molar-refractivity contribution in [2.75, 3.05) is 31.3 Å². The number of alkyl halides is 3. The van der Waals surface area contributed by atoms with Crippen LogP contribution in [0.2, 0.25) is 25.7 Å². The van der Waals surface area contributed by atoms with E-state index in [-0.39, 0.29) is 17.9 Å². The van der Waals surface area contributed by atoms with E-state index in [9.17, 15) is 18.0 Å². The van der Waals surface area contributed by atoms with Crippen LogP contribution in [0, 0.1) is 5.92 Å². The first-order valence-corrected chi connectivity index (χ1v) is 16.1. The van der Waals surface area contributed by atoms with E-state index in [2.05, 4.69) is 40.2 Å². The van der Waals surface area contributed by atoms with Crippen LogP contribution in [0.15, 0.2) is 18.5 Å². The topological polar surface area (TPSA) is 71.4 Å². The molecular formula is C24H36F3N5O2Si. The molecule has 1 saturated carbocycles. The van der Waals surface area contributed by atoms with E-state index in [4.69, 9.17) is 4.74 Å². The fourth-order valence-electron chi connectivity index (χ4n) is 4.97. The van der Waals surface area contributed by atoms with Crippen LogP contribution in [0.5, 0.6) is 0 Å². The van der Waals surface area contributed by atoms with Crippen LogP contribution < -0.4 is 15.5 Å². The van der Waals surface area contributed by atoms with Crippen LogP contribution >= 0.6 is 0 Å². The molecule has 7 nitrogen and oxygen atoms in total. The highest BCUT2D eigenvalue weighted by atomic mass is 28.3. The maximum absolute atomic E-state index is 12.6. The number of anilines is 1. The van der Waals surface area contributed by atoms with Gasteiger partial charge in [0.1, 0.15) is 12.4 Å². The molecular weight excluding hydrogens is 475 g/mol. The highest BCUT2D eigenvalue weighted by Gasteiger charge is 2.34. The Morgan fingerprint density at radius 2 is 1.97 bits per heavy atom. The van der Waals surface area contributed by atoms with Crippen LogP contribution in [0.25, 0.3) is 11.0 Å². The number of nitrogens with zero attached hydrogens (tertiary/aromatic N) is 3. The van der Waals surface area contributed by atoms with Crippen molar-refractivity contribution in [3.63, 3.8) is 0 Å². The number of hydrogen-bond acceptors (Lipinski definition) is 5. The number of nitrogens with one attached hydrogen (secondary N) is 2. The molecule has 194 valence electrons. The van der Waals surface area contributed by atoms with Crippen LogP contribution in [-0.2, 0) is 11.5 Å². The summed E-state index contributed by atoms with van der Waals surface area (Å²) in [5.74, 6) is 0.106. The van der Waals surface area contributed by atoms with Crippen molar-refractivity contribution in [1.82, 2.24) is 20.2 Å². The van der Waals surface area contributed by atoms with Gasteiger partial charge >= 0.3 is 6.18 Å². The standard InChI is InChI=1S/C24H36F3N5O2Si/c1-35(2,3)11-10-34-16-31-9-8-19-21-20(13-29-22(19)31)23(33)30-15-32(21)18-6-4-17(5-7-18)12-28-14-24(25,26)27/h8-9,13,17-18,28H,4-7,10-12,14-16H2,1-3H3,(H,30,33)/t17-,18-. The minimum Gasteiger partial charge on any atom is -0.361 e. The van der Waals surface area contributed by atoms with Crippen molar-refractivity contribution >= 4 is 30.7 Å². The lowest BCUT2D eigenvalue weighted by Crippen LogP contribution is -2.50. The predicted octanol–water partition coefficient (Wildman–Crippen LogP) is 4.57. The van der Waals surface area contributed by atoms with E-state index < -0.39 is 20.8 Å². The second kappa shape index (κ2) is 10.5. The lowest BCUT2D eigenvalue weighted by Gasteiger charge is -2.41. The van der Waals surface area contributed by atoms with Crippen molar-refractivity contribution < 1.29 is 22.7 Å². The van der Waals surface area contributed by atoms with Crippen molar-refractivity contribution in [3.05, 3.63) is 24.0 Å². The molecule has 1 aliphatic heterocycles. The van der Waals surface area contributed by atoms with Gasteiger partial charge < -0.3 is 24.8 Å². The minimum atomic E-state index is -4.18. The number of carbonyl (C=O) groups excluding carboxylic acids is 1. The number of hydrogen-bond donors (Lipinski definition) is 2. The predicted molar refractivity (Wildman–Crippen MR) is 133 cm³/mol. The summed E-state index contributed by atoms with van der Waals surface area (Å²) in [5.41, 5.74) is 2.26. The number of pyridine rings is 1. The number of carbonyl (C=O) groups is 1. The van der Waals surface area contributed by atoms with E-state index in [0.29, 0.717) is 25.5 Å². The summed E-state index contributed by atoms with van der Waals surface area (Å²) in [5, 5.41) is 6.44. The average molecular weight is 512 g/mol. The third-order valence-electron chi connectivity index (χ3n) is 6.94. The monoisotopic (exact) mass is 511 g/mol. The molecule has 2 aliphatic rings. The first-order chi connectivity index (χ1) is 16.5. The van der Waals surface area contributed by atoms with Crippen LogP contribution in [-0.4, -0.2) is 62.1 Å². The van der Waals surface area contributed by atoms with Gasteiger partial charge in [0.2, 0.25) is 0 Å². The molecule has 2 aromatic rings. The van der Waals surface area contributed by atoms with E-state index in [0.717, 1.165) is 55.1 Å². The van der Waals surface area contributed by atoms with E-state index in [1.807, 2.05) is 16.8 Å². The fourth-order valence-corrected chi connectivity index (χ4v) is 5.72. The molecule has 0 radical (unpaired) electrons. The molecule has 0 bridgehead atoms. The first-order valence-electron chi connectivity index (χ1n) is 12.4. The van der Waals surface area contributed by atoms with Crippen LogP contribution in [0.3, 0.4) is 0 Å². The second-order valence-electron chi connectivity index (χ2n) is 10.9. The van der Waals surface area contributed by atoms with E-state index in [1.54, 1.807) is 6.20 Å². The Labute approximate surface area is 205 Å². The molecule has 1 amide bonds. The number of amides is 1. The van der Waals surface area contributed by atoms with Gasteiger partial charge in [-0.05, 0) is 50.3 Å². The van der Waals surface area contributed by atoms with Gasteiger partial charge in [-0.15, -0.1) is 0 Å². The molecule has 0 saturated heterocycles. The molecule has 1 aliphatic carbocycles. The average Bonchev–Trinajstić information content (AvgIpc) is 3.19. The summed E-state index contributed by atoms with van der Waals surface area (Å²) in [7, 11) is -1.16. The van der Waals surface area contributed by atoms with Gasteiger partial charge in [0, 0.05) is 38.5 Å². The zero-order valence-electron chi connectivity index (χ0n) is 20.7. The lowest BCUT2D eigenvalue weighted by molar-refractivity contribution is -0.125. The molecule has 2 aromatic heterocycles. The Morgan fingerprint density at radius 3 is 2.66 bits per heavy atom. The molecule has 0 spiro atoms. The van der Waals surface area contributed by atoms with Crippen LogP contribution in [0.4, 0.5) is 18.9 Å². The largest absolute Gasteiger partial charge is 0.401 e. The Hall–Kier alpha value is -2.11. The summed E-state index contributed by atoms with van der Waals surface area (Å²) in [6.07, 6.45) is 2.88. The highest BCUT2D eigenvalue weighted by molar-refractivity contribution is 6.76. The molecule has 1 fully saturated rings. The van der Waals surface area contributed by atoms with Gasteiger partial charge in [-0.3, -0.25) is 4.79 Å². The fraction of sp³-hybridized carbons (Fsp3) is 0.667. The Morgan fingerprint density at radius 1 is 1.23 bits per heavy atom. The number of rotatable bonds is 9. The normalized spacial score (nSPS) is 21.3. The molecule has 2 N–H and O–H groups in total. The van der Waals surface area contributed by atoms with Crippen molar-refractivity contribution in [2.45, 2.75) is 70.3 Å². The summed E-state index contributed by atoms with van der Waals surface area (Å²) in [6, 6.07) is 3.31. The molecule has 0 unspecified atom stereocenters. The van der Waals surface area contributed by atoms with Gasteiger partial charge in [0.15, 0.2) is 0 Å². The van der Waals surface area contributed by atoms with Crippen molar-refractivity contribution in [3.8, 4) is 0 Å². The zero-order valence-corrected chi connectivity index (χ0v) is 21.7. The Balaban J connectivity index is 1.45. The highest BCUT2D eigenvalue weighted by Crippen LogP contribution is 2.37. The molecule has 35 heavy (non-hydrogen) atoms. The maximum Gasteiger partial charge on any atom is 0.401 e. The summed E-state index contributed by atoms with van der Waals surface area (Å²) < 4.78 is 45.2. The maximum atomic E-state index is 12.6. The van der Waals surface area contributed by atoms with Crippen LogP contribution in [0.1, 0.15) is 36.0 Å². The third-order valence-corrected chi connectivity index (χ3v) is 8.65. The molecule has 0 atom stereocenters. The lowest BCUT2D eigenvalue weighted by atomic mass is 9.84. The van der Waals surface area contributed by atoms with Gasteiger partial charge in [0.25, 0.3) is 5.91 Å². The van der Waals surface area contributed by atoms with E-state index in [1.165, 1.54) is 0 Å². The van der Waals surface area contributed by atoms with Gasteiger partial charge in [-0.2, -0.15) is 13.2 Å². The minimum absolute atomic E-state index is 0.130. The van der Waals surface area contributed by atoms with Gasteiger partial charge in [-0.1, -0.05) is 19.6 Å². The molecule has 11 heteroatoms. The van der Waals surface area contributed by atoms with Gasteiger partial charge in [0.05, 0.1) is 24.5 Å².